The SMILES string of the molecule is COCCN(CC(=O)N1N=C(c2ccc(OC)cc2OC)CC1c1ccc(OC)c(OC)c1)C(=O)c1ccc(C(F)(F)F)cc1. The molecule has 10 nitrogen and oxygen atoms in total. The van der Waals surface area contributed by atoms with Crippen molar-refractivity contribution in [2.24, 2.45) is 5.10 Å². The van der Waals surface area contributed by atoms with E-state index in [9.17, 15) is 22.8 Å². The van der Waals surface area contributed by atoms with Gasteiger partial charge < -0.3 is 28.6 Å². The molecular formula is C32H34F3N3O7. The van der Waals surface area contributed by atoms with Gasteiger partial charge in [-0.15, -0.1) is 0 Å². The molecule has 4 rings (SSSR count). The topological polar surface area (TPSA) is 99.1 Å². The maximum absolute atomic E-state index is 14.0. The predicted molar refractivity (Wildman–Crippen MR) is 159 cm³/mol. The molecule has 0 saturated carbocycles. The van der Waals surface area contributed by atoms with E-state index in [0.717, 1.165) is 24.3 Å². The third kappa shape index (κ3) is 7.48. The van der Waals surface area contributed by atoms with Crippen LogP contribution in [0.4, 0.5) is 13.2 Å². The van der Waals surface area contributed by atoms with Crippen LogP contribution in [0.3, 0.4) is 0 Å². The van der Waals surface area contributed by atoms with Gasteiger partial charge in [0, 0.05) is 37.3 Å². The summed E-state index contributed by atoms with van der Waals surface area (Å²) in [6, 6.07) is 13.8. The molecule has 1 atom stereocenters. The molecule has 3 aromatic rings. The molecule has 13 heteroatoms. The fourth-order valence-electron chi connectivity index (χ4n) is 4.93. The van der Waals surface area contributed by atoms with Gasteiger partial charge in [0.25, 0.3) is 11.8 Å². The Kier molecular flexibility index (Phi) is 10.6. The quantitative estimate of drug-likeness (QED) is 0.272. The summed E-state index contributed by atoms with van der Waals surface area (Å²) in [7, 11) is 7.51. The lowest BCUT2D eigenvalue weighted by atomic mass is 9.97. The molecule has 3 aromatic carbocycles. The zero-order valence-corrected chi connectivity index (χ0v) is 25.5. The molecule has 0 bridgehead atoms. The molecule has 1 aliphatic rings. The number of carbonyl (C=O) groups is 2. The second kappa shape index (κ2) is 14.3. The molecule has 0 radical (unpaired) electrons. The van der Waals surface area contributed by atoms with Gasteiger partial charge in [-0.05, 0) is 54.1 Å². The molecule has 1 unspecified atom stereocenters. The number of benzene rings is 3. The van der Waals surface area contributed by atoms with Gasteiger partial charge in [0.05, 0.1) is 52.4 Å². The maximum atomic E-state index is 14.0. The molecule has 0 aliphatic carbocycles. The van der Waals surface area contributed by atoms with Crippen LogP contribution in [0.25, 0.3) is 0 Å². The lowest BCUT2D eigenvalue weighted by Gasteiger charge is -2.27. The van der Waals surface area contributed by atoms with Crippen LogP contribution in [-0.2, 0) is 15.7 Å². The maximum Gasteiger partial charge on any atom is 0.416 e. The zero-order chi connectivity index (χ0) is 32.7. The molecular weight excluding hydrogens is 595 g/mol. The van der Waals surface area contributed by atoms with Gasteiger partial charge in [-0.25, -0.2) is 5.01 Å². The van der Waals surface area contributed by atoms with Crippen molar-refractivity contribution in [2.45, 2.75) is 18.6 Å². The highest BCUT2D eigenvalue weighted by atomic mass is 19.4. The van der Waals surface area contributed by atoms with Crippen LogP contribution in [0.15, 0.2) is 65.8 Å². The van der Waals surface area contributed by atoms with E-state index in [1.165, 1.54) is 45.5 Å². The number of alkyl halides is 3. The average molecular weight is 630 g/mol. The fraction of sp³-hybridized carbons (Fsp3) is 0.344. The average Bonchev–Trinajstić information content (AvgIpc) is 3.50. The summed E-state index contributed by atoms with van der Waals surface area (Å²) in [6.07, 6.45) is -4.25. The van der Waals surface area contributed by atoms with Crippen LogP contribution in [-0.4, -0.2) is 82.7 Å². The Hall–Kier alpha value is -4.78. The van der Waals surface area contributed by atoms with Crippen LogP contribution < -0.4 is 18.9 Å². The van der Waals surface area contributed by atoms with Crippen molar-refractivity contribution in [3.05, 3.63) is 82.9 Å². The van der Waals surface area contributed by atoms with E-state index in [1.807, 2.05) is 0 Å². The molecule has 0 aromatic heterocycles. The van der Waals surface area contributed by atoms with Gasteiger partial charge in [0.2, 0.25) is 0 Å². The van der Waals surface area contributed by atoms with Crippen molar-refractivity contribution in [3.63, 3.8) is 0 Å². The number of hydrogen-bond donors (Lipinski definition) is 0. The summed E-state index contributed by atoms with van der Waals surface area (Å²) < 4.78 is 66.2. The first-order valence-electron chi connectivity index (χ1n) is 13.8. The molecule has 45 heavy (non-hydrogen) atoms. The van der Waals surface area contributed by atoms with Crippen molar-refractivity contribution in [3.8, 4) is 23.0 Å². The Labute approximate surface area is 258 Å². The summed E-state index contributed by atoms with van der Waals surface area (Å²) in [6.45, 7) is -0.306. The number of methoxy groups -OCH3 is 5. The first-order valence-corrected chi connectivity index (χ1v) is 13.8. The highest BCUT2D eigenvalue weighted by molar-refractivity contribution is 6.05. The summed E-state index contributed by atoms with van der Waals surface area (Å²) in [4.78, 5) is 28.6. The summed E-state index contributed by atoms with van der Waals surface area (Å²) in [5.74, 6) is 0.882. The number of amides is 2. The highest BCUT2D eigenvalue weighted by Gasteiger charge is 2.36. The van der Waals surface area contributed by atoms with E-state index in [-0.39, 0.29) is 18.7 Å². The zero-order valence-electron chi connectivity index (χ0n) is 25.5. The second-order valence-electron chi connectivity index (χ2n) is 9.98. The van der Waals surface area contributed by atoms with E-state index < -0.39 is 36.1 Å². The van der Waals surface area contributed by atoms with Crippen molar-refractivity contribution in [1.29, 1.82) is 0 Å². The Balaban J connectivity index is 1.70. The third-order valence-electron chi connectivity index (χ3n) is 7.32. The van der Waals surface area contributed by atoms with Gasteiger partial charge in [0.1, 0.15) is 18.0 Å². The molecule has 1 heterocycles. The number of halogens is 3. The standard InChI is InChI=1S/C32H34F3N3O7/c1-41-15-14-37(31(40)20-6-9-22(10-7-20)32(33,34)35)19-30(39)38-26(21-8-13-27(43-3)29(16-21)45-5)18-25(36-38)24-12-11-23(42-2)17-28(24)44-4/h6-13,16-17,26H,14-15,18-19H2,1-5H3. The van der Waals surface area contributed by atoms with Crippen LogP contribution in [0.1, 0.15) is 39.5 Å². The second-order valence-corrected chi connectivity index (χ2v) is 9.98. The number of carbonyl (C=O) groups excluding carboxylic acids is 2. The minimum Gasteiger partial charge on any atom is -0.497 e. The Morgan fingerprint density at radius 3 is 2.16 bits per heavy atom. The highest BCUT2D eigenvalue weighted by Crippen LogP contribution is 2.39. The van der Waals surface area contributed by atoms with Gasteiger partial charge in [-0.1, -0.05) is 6.07 Å². The minimum absolute atomic E-state index is 0.00285. The summed E-state index contributed by atoms with van der Waals surface area (Å²) in [5, 5.41) is 6.00. The van der Waals surface area contributed by atoms with Gasteiger partial charge in [-0.2, -0.15) is 18.3 Å². The first kappa shape index (κ1) is 33.1. The van der Waals surface area contributed by atoms with E-state index >= 15 is 0 Å². The number of hydrogen-bond acceptors (Lipinski definition) is 8. The Morgan fingerprint density at radius 1 is 0.867 bits per heavy atom. The van der Waals surface area contributed by atoms with E-state index in [4.69, 9.17) is 28.8 Å². The number of ether oxygens (including phenoxy) is 5. The molecule has 240 valence electrons. The molecule has 1 aliphatic heterocycles. The predicted octanol–water partition coefficient (Wildman–Crippen LogP) is 5.21. The van der Waals surface area contributed by atoms with Crippen molar-refractivity contribution in [1.82, 2.24) is 9.91 Å². The molecule has 0 spiro atoms. The molecule has 0 saturated heterocycles. The lowest BCUT2D eigenvalue weighted by Crippen LogP contribution is -2.42. The van der Waals surface area contributed by atoms with Crippen molar-refractivity contribution >= 4 is 17.5 Å². The third-order valence-corrected chi connectivity index (χ3v) is 7.32. The van der Waals surface area contributed by atoms with Gasteiger partial charge in [0.15, 0.2) is 11.5 Å². The Morgan fingerprint density at radius 2 is 1.56 bits per heavy atom. The summed E-state index contributed by atoms with van der Waals surface area (Å²) >= 11 is 0. The molecule has 0 N–H and O–H groups in total. The van der Waals surface area contributed by atoms with Crippen LogP contribution in [0, 0.1) is 0 Å². The van der Waals surface area contributed by atoms with E-state index in [0.29, 0.717) is 46.3 Å². The number of rotatable bonds is 12. The fourth-order valence-corrected chi connectivity index (χ4v) is 4.93. The van der Waals surface area contributed by atoms with Crippen molar-refractivity contribution in [2.75, 3.05) is 55.2 Å². The molecule has 0 fully saturated rings. The van der Waals surface area contributed by atoms with Gasteiger partial charge >= 0.3 is 6.18 Å². The smallest absolute Gasteiger partial charge is 0.416 e. The van der Waals surface area contributed by atoms with E-state index in [1.54, 1.807) is 36.4 Å². The number of hydrazone groups is 1. The minimum atomic E-state index is -4.55. The first-order chi connectivity index (χ1) is 21.5. The lowest BCUT2D eigenvalue weighted by molar-refractivity contribution is -0.137. The van der Waals surface area contributed by atoms with Crippen LogP contribution in [0.5, 0.6) is 23.0 Å². The van der Waals surface area contributed by atoms with Crippen molar-refractivity contribution < 1.29 is 46.4 Å². The normalized spacial score (nSPS) is 14.5. The number of nitrogens with zero attached hydrogens (tertiary/aromatic N) is 3. The van der Waals surface area contributed by atoms with E-state index in [2.05, 4.69) is 0 Å². The van der Waals surface area contributed by atoms with Gasteiger partial charge in [-0.3, -0.25) is 9.59 Å². The van der Waals surface area contributed by atoms with Crippen LogP contribution in [0.2, 0.25) is 0 Å². The summed E-state index contributed by atoms with van der Waals surface area (Å²) in [5.41, 5.74) is 1.02. The Bertz CT molecular complexity index is 1540. The monoisotopic (exact) mass is 629 g/mol. The largest absolute Gasteiger partial charge is 0.497 e. The molecule has 2 amide bonds. The van der Waals surface area contributed by atoms with Crippen LogP contribution >= 0.6 is 0 Å².